The molecule has 5 heteroatoms. The molecule has 0 N–H and O–H groups in total. The van der Waals surface area contributed by atoms with E-state index in [0.717, 1.165) is 5.69 Å². The first-order chi connectivity index (χ1) is 8.63. The van der Waals surface area contributed by atoms with Gasteiger partial charge < -0.3 is 9.02 Å². The number of oxime groups is 1. The molecule has 0 bridgehead atoms. The molecule has 1 aromatic rings. The molecule has 0 aliphatic rings. The topological polar surface area (TPSA) is 43.7 Å². The molecule has 0 amide bonds. The predicted octanol–water partition coefficient (Wildman–Crippen LogP) is 2.07. The van der Waals surface area contributed by atoms with E-state index in [-0.39, 0.29) is 10.8 Å². The first-order valence-electron chi connectivity index (χ1n) is 5.26. The Morgan fingerprint density at radius 1 is 1.56 bits per heavy atom. The highest BCUT2D eigenvalue weighted by Crippen LogP contribution is 2.03. The van der Waals surface area contributed by atoms with E-state index in [1.54, 1.807) is 0 Å². The summed E-state index contributed by atoms with van der Waals surface area (Å²) in [5.41, 5.74) is 2.14. The van der Waals surface area contributed by atoms with Gasteiger partial charge in [0.2, 0.25) is 0 Å². The van der Waals surface area contributed by atoms with Crippen molar-refractivity contribution in [1.82, 2.24) is 4.98 Å². The maximum absolute atomic E-state index is 5.25. The van der Waals surface area contributed by atoms with Crippen LogP contribution in [0.15, 0.2) is 23.4 Å². The standard InChI is InChI=1S/C13H16N2O2S/c1-11(15-16-2)13-9-5-7-12(14-13)8-6-10-17-18(3)4/h5,7,9H,3,10H2,1-2,4H3/b15-11+. The minimum atomic E-state index is -0.296. The lowest BCUT2D eigenvalue weighted by molar-refractivity contribution is 0.213. The van der Waals surface area contributed by atoms with Gasteiger partial charge in [-0.1, -0.05) is 33.8 Å². The molecule has 1 rings (SSSR count). The van der Waals surface area contributed by atoms with Gasteiger partial charge in [-0.25, -0.2) is 4.98 Å². The van der Waals surface area contributed by atoms with Crippen LogP contribution in [-0.4, -0.2) is 36.5 Å². The summed E-state index contributed by atoms with van der Waals surface area (Å²) in [6, 6.07) is 5.58. The molecule has 0 saturated carbocycles. The van der Waals surface area contributed by atoms with Crippen molar-refractivity contribution in [1.29, 1.82) is 0 Å². The van der Waals surface area contributed by atoms with Gasteiger partial charge in [0, 0.05) is 6.26 Å². The van der Waals surface area contributed by atoms with Gasteiger partial charge in [-0.05, 0) is 25.0 Å². The molecule has 0 fully saturated rings. The van der Waals surface area contributed by atoms with Crippen LogP contribution in [0.25, 0.3) is 0 Å². The highest BCUT2D eigenvalue weighted by Gasteiger charge is 1.99. The Kier molecular flexibility index (Phi) is 6.12. The van der Waals surface area contributed by atoms with Crippen molar-refractivity contribution < 1.29 is 9.02 Å². The van der Waals surface area contributed by atoms with Crippen LogP contribution in [0.2, 0.25) is 0 Å². The fourth-order valence-electron chi connectivity index (χ4n) is 1.15. The molecule has 0 aromatic carbocycles. The number of hydrogen-bond acceptors (Lipinski definition) is 4. The van der Waals surface area contributed by atoms with Gasteiger partial charge in [0.25, 0.3) is 0 Å². The van der Waals surface area contributed by atoms with Crippen molar-refractivity contribution in [3.63, 3.8) is 0 Å². The molecule has 1 atom stereocenters. The lowest BCUT2D eigenvalue weighted by atomic mass is 10.2. The summed E-state index contributed by atoms with van der Waals surface area (Å²) in [7, 11) is 1.21. The Labute approximate surface area is 110 Å². The number of pyridine rings is 1. The molecule has 1 heterocycles. The summed E-state index contributed by atoms with van der Waals surface area (Å²) >= 11 is 0. The van der Waals surface area contributed by atoms with E-state index >= 15 is 0 Å². The molecule has 18 heavy (non-hydrogen) atoms. The summed E-state index contributed by atoms with van der Waals surface area (Å²) in [5, 5.41) is 3.83. The van der Waals surface area contributed by atoms with Crippen LogP contribution in [-0.2, 0) is 9.02 Å². The van der Waals surface area contributed by atoms with Gasteiger partial charge in [-0.3, -0.25) is 0 Å². The fraction of sp³-hybridized carbons (Fsp3) is 0.308. The lowest BCUT2D eigenvalue weighted by Crippen LogP contribution is -2.00. The summed E-state index contributed by atoms with van der Waals surface area (Å²) in [4.78, 5) is 9.06. The number of rotatable bonds is 4. The van der Waals surface area contributed by atoms with E-state index in [9.17, 15) is 0 Å². The van der Waals surface area contributed by atoms with Gasteiger partial charge >= 0.3 is 0 Å². The van der Waals surface area contributed by atoms with E-state index in [0.29, 0.717) is 18.0 Å². The van der Waals surface area contributed by atoms with Crippen molar-refractivity contribution >= 4 is 22.3 Å². The molecule has 96 valence electrons. The van der Waals surface area contributed by atoms with Crippen LogP contribution in [0, 0.1) is 11.8 Å². The lowest BCUT2D eigenvalue weighted by Gasteiger charge is -1.99. The maximum atomic E-state index is 5.25. The average molecular weight is 264 g/mol. The van der Waals surface area contributed by atoms with Crippen LogP contribution in [0.3, 0.4) is 0 Å². The third kappa shape index (κ3) is 5.13. The number of hydrogen-bond donors (Lipinski definition) is 0. The van der Waals surface area contributed by atoms with Crippen molar-refractivity contribution in [2.24, 2.45) is 5.16 Å². The van der Waals surface area contributed by atoms with Crippen molar-refractivity contribution in [2.45, 2.75) is 6.92 Å². The average Bonchev–Trinajstić information content (AvgIpc) is 2.35. The number of nitrogens with zero attached hydrogens (tertiary/aromatic N) is 2. The van der Waals surface area contributed by atoms with E-state index in [1.807, 2.05) is 31.4 Å². The molecule has 1 aromatic heterocycles. The van der Waals surface area contributed by atoms with Gasteiger partial charge in [0.05, 0.1) is 5.69 Å². The Morgan fingerprint density at radius 2 is 2.33 bits per heavy atom. The SMILES string of the molecule is C=S(C)OCC#Cc1cccc(/C(C)=N/OC)n1. The summed E-state index contributed by atoms with van der Waals surface area (Å²) in [6.07, 6.45) is 1.89. The van der Waals surface area contributed by atoms with Gasteiger partial charge in [-0.15, -0.1) is 0 Å². The maximum Gasteiger partial charge on any atom is 0.122 e. The summed E-state index contributed by atoms with van der Waals surface area (Å²) in [5.74, 6) is 9.56. The largest absolute Gasteiger partial charge is 0.399 e. The molecule has 0 radical (unpaired) electrons. The second kappa shape index (κ2) is 7.64. The van der Waals surface area contributed by atoms with E-state index < -0.39 is 0 Å². The minimum Gasteiger partial charge on any atom is -0.399 e. The molecule has 4 nitrogen and oxygen atoms in total. The smallest absolute Gasteiger partial charge is 0.122 e. The highest BCUT2D eigenvalue weighted by atomic mass is 32.2. The van der Waals surface area contributed by atoms with E-state index in [4.69, 9.17) is 9.02 Å². The molecule has 0 saturated heterocycles. The Bertz CT molecular complexity index is 515. The third-order valence-corrected chi connectivity index (χ3v) is 2.42. The fourth-order valence-corrected chi connectivity index (χ4v) is 1.41. The van der Waals surface area contributed by atoms with Crippen molar-refractivity contribution in [3.8, 4) is 11.8 Å². The van der Waals surface area contributed by atoms with Crippen molar-refractivity contribution in [2.75, 3.05) is 20.0 Å². The molecule has 0 aliphatic carbocycles. The molecule has 0 spiro atoms. The third-order valence-electron chi connectivity index (χ3n) is 1.90. The zero-order chi connectivity index (χ0) is 13.4. The molecule has 1 unspecified atom stereocenters. The van der Waals surface area contributed by atoms with Crippen LogP contribution < -0.4 is 0 Å². The van der Waals surface area contributed by atoms with Crippen molar-refractivity contribution in [3.05, 3.63) is 29.6 Å². The Morgan fingerprint density at radius 3 is 3.00 bits per heavy atom. The van der Waals surface area contributed by atoms with E-state index in [1.165, 1.54) is 7.11 Å². The van der Waals surface area contributed by atoms with Crippen LogP contribution in [0.1, 0.15) is 18.3 Å². The zero-order valence-electron chi connectivity index (χ0n) is 10.8. The van der Waals surface area contributed by atoms with Crippen LogP contribution in [0.5, 0.6) is 0 Å². The monoisotopic (exact) mass is 264 g/mol. The quantitative estimate of drug-likeness (QED) is 0.362. The zero-order valence-corrected chi connectivity index (χ0v) is 11.6. The minimum absolute atomic E-state index is 0.296. The van der Waals surface area contributed by atoms with Gasteiger partial charge in [0.15, 0.2) is 0 Å². The van der Waals surface area contributed by atoms with E-state index in [2.05, 4.69) is 27.9 Å². The number of aromatic nitrogens is 1. The predicted molar refractivity (Wildman–Crippen MR) is 76.9 cm³/mol. The van der Waals surface area contributed by atoms with Crippen LogP contribution in [0.4, 0.5) is 0 Å². The second-order valence-corrected chi connectivity index (χ2v) is 4.79. The van der Waals surface area contributed by atoms with Gasteiger partial charge in [0.1, 0.15) is 25.1 Å². The highest BCUT2D eigenvalue weighted by molar-refractivity contribution is 8.09. The molecular formula is C13H16N2O2S. The molecular weight excluding hydrogens is 248 g/mol. The normalized spacial score (nSPS) is 12.5. The summed E-state index contributed by atoms with van der Waals surface area (Å²) < 4.78 is 5.25. The molecule has 0 aliphatic heterocycles. The first-order valence-corrected chi connectivity index (χ1v) is 6.99. The Hall–Kier alpha value is -1.64. The van der Waals surface area contributed by atoms with Gasteiger partial charge in [-0.2, -0.15) is 0 Å². The first kappa shape index (κ1) is 14.4. The Balaban J connectivity index is 2.76. The second-order valence-electron chi connectivity index (χ2n) is 3.40. The summed E-state index contributed by atoms with van der Waals surface area (Å²) in [6.45, 7) is 2.19. The van der Waals surface area contributed by atoms with Crippen LogP contribution >= 0.6 is 10.8 Å².